The molecule has 0 fully saturated rings. The van der Waals surface area contributed by atoms with Crippen LogP contribution >= 0.6 is 27.5 Å². The second kappa shape index (κ2) is 9.13. The fourth-order valence-corrected chi connectivity index (χ4v) is 5.14. The van der Waals surface area contributed by atoms with Gasteiger partial charge in [0.2, 0.25) is 0 Å². The van der Waals surface area contributed by atoms with Crippen LogP contribution < -0.4 is 10.6 Å². The summed E-state index contributed by atoms with van der Waals surface area (Å²) in [4.78, 5) is 26.9. The first-order valence-corrected chi connectivity index (χ1v) is 12.1. The average Bonchev–Trinajstić information content (AvgIpc) is 2.73. The molecule has 184 valence electrons. The van der Waals surface area contributed by atoms with Crippen molar-refractivity contribution in [3.63, 3.8) is 0 Å². The van der Waals surface area contributed by atoms with E-state index in [0.717, 1.165) is 33.9 Å². The molecule has 9 heteroatoms. The van der Waals surface area contributed by atoms with Crippen molar-refractivity contribution in [3.8, 4) is 0 Å². The van der Waals surface area contributed by atoms with E-state index in [1.165, 1.54) is 0 Å². The fourth-order valence-electron chi connectivity index (χ4n) is 4.71. The molecule has 0 saturated heterocycles. The highest BCUT2D eigenvalue weighted by Gasteiger charge is 2.42. The van der Waals surface area contributed by atoms with Crippen molar-refractivity contribution in [1.82, 2.24) is 5.32 Å². The van der Waals surface area contributed by atoms with Gasteiger partial charge in [0.05, 0.1) is 16.3 Å². The smallest absolute Gasteiger partial charge is 0.362 e. The Morgan fingerprint density at radius 2 is 1.80 bits per heavy atom. The molecular weight excluding hydrogens is 545 g/mol. The number of halogens is 5. The molecule has 0 saturated carbocycles. The van der Waals surface area contributed by atoms with Gasteiger partial charge in [0, 0.05) is 39.4 Å². The third-order valence-electron chi connectivity index (χ3n) is 6.23. The Kier molecular flexibility index (Phi) is 6.66. The third kappa shape index (κ3) is 5.19. The number of dihydropyridines is 1. The number of rotatable bonds is 3. The van der Waals surface area contributed by atoms with E-state index < -0.39 is 23.6 Å². The largest absolute Gasteiger partial charge is 0.416 e. The number of benzene rings is 2. The SMILES string of the molecule is CC1=C(C(=O)Nc2cc(C(F)(F)F)ccc2Cl)C(c2ccc(Br)cc2)C2=C(CC(C)(C)CC2=O)N1. The van der Waals surface area contributed by atoms with E-state index in [0.29, 0.717) is 24.1 Å². The summed E-state index contributed by atoms with van der Waals surface area (Å²) in [5, 5.41) is 5.76. The molecule has 1 aliphatic carbocycles. The van der Waals surface area contributed by atoms with Crippen LogP contribution in [0, 0.1) is 5.41 Å². The van der Waals surface area contributed by atoms with Gasteiger partial charge >= 0.3 is 6.18 Å². The standard InChI is InChI=1S/C26H23BrClF3N2O2/c1-13-21(24(35)33-18-10-15(26(29,30)31)6-9-17(18)28)22(14-4-7-16(27)8-5-14)23-19(32-13)11-25(2,3)12-20(23)34/h4-10,22,32H,11-12H2,1-3H3,(H,33,35). The molecule has 0 spiro atoms. The lowest BCUT2D eigenvalue weighted by Crippen LogP contribution is -2.39. The van der Waals surface area contributed by atoms with Crippen LogP contribution in [0.25, 0.3) is 0 Å². The molecule has 35 heavy (non-hydrogen) atoms. The van der Waals surface area contributed by atoms with Crippen LogP contribution in [0.3, 0.4) is 0 Å². The summed E-state index contributed by atoms with van der Waals surface area (Å²) < 4.78 is 40.6. The number of carbonyl (C=O) groups is 2. The quantitative estimate of drug-likeness (QED) is 0.407. The highest BCUT2D eigenvalue weighted by molar-refractivity contribution is 9.10. The lowest BCUT2D eigenvalue weighted by atomic mass is 9.68. The molecule has 1 aliphatic heterocycles. The van der Waals surface area contributed by atoms with Gasteiger partial charge in [-0.05, 0) is 54.7 Å². The number of allylic oxidation sites excluding steroid dienone is 3. The predicted molar refractivity (Wildman–Crippen MR) is 133 cm³/mol. The molecule has 0 radical (unpaired) electrons. The molecule has 1 unspecified atom stereocenters. The van der Waals surface area contributed by atoms with Gasteiger partial charge in [0.1, 0.15) is 0 Å². The topological polar surface area (TPSA) is 58.2 Å². The van der Waals surface area contributed by atoms with E-state index in [2.05, 4.69) is 26.6 Å². The Balaban J connectivity index is 1.79. The number of carbonyl (C=O) groups excluding carboxylic acids is 2. The number of ketones is 1. The predicted octanol–water partition coefficient (Wildman–Crippen LogP) is 7.36. The number of alkyl halides is 3. The van der Waals surface area contributed by atoms with Gasteiger partial charge in [-0.1, -0.05) is 53.5 Å². The van der Waals surface area contributed by atoms with Crippen molar-refractivity contribution in [3.05, 3.63) is 85.6 Å². The number of hydrogen-bond donors (Lipinski definition) is 2. The third-order valence-corrected chi connectivity index (χ3v) is 7.09. The first-order valence-electron chi connectivity index (χ1n) is 10.9. The van der Waals surface area contributed by atoms with Gasteiger partial charge in [-0.2, -0.15) is 13.2 Å². The normalized spacial score (nSPS) is 19.9. The Morgan fingerprint density at radius 3 is 2.43 bits per heavy atom. The summed E-state index contributed by atoms with van der Waals surface area (Å²) in [6.45, 7) is 5.76. The van der Waals surface area contributed by atoms with Crippen molar-refractivity contribution in [2.75, 3.05) is 5.32 Å². The van der Waals surface area contributed by atoms with E-state index in [9.17, 15) is 22.8 Å². The maximum absolute atomic E-state index is 13.6. The van der Waals surface area contributed by atoms with Crippen molar-refractivity contribution < 1.29 is 22.8 Å². The van der Waals surface area contributed by atoms with Gasteiger partial charge in [0.15, 0.2) is 5.78 Å². The summed E-state index contributed by atoms with van der Waals surface area (Å²) in [6, 6.07) is 10.1. The molecule has 2 aromatic carbocycles. The number of Topliss-reactive ketones (excluding diaryl/α,β-unsaturated/α-hetero) is 1. The summed E-state index contributed by atoms with van der Waals surface area (Å²) in [5.41, 5.74) is 1.48. The van der Waals surface area contributed by atoms with Crippen LogP contribution in [0.2, 0.25) is 5.02 Å². The van der Waals surface area contributed by atoms with E-state index in [1.807, 2.05) is 38.1 Å². The highest BCUT2D eigenvalue weighted by atomic mass is 79.9. The van der Waals surface area contributed by atoms with Crippen LogP contribution in [-0.2, 0) is 15.8 Å². The first kappa shape index (κ1) is 25.5. The molecular formula is C26H23BrClF3N2O2. The molecule has 2 aromatic rings. The number of anilines is 1. The van der Waals surface area contributed by atoms with Gasteiger partial charge in [-0.15, -0.1) is 0 Å². The van der Waals surface area contributed by atoms with Crippen LogP contribution in [0.4, 0.5) is 18.9 Å². The Bertz CT molecular complexity index is 1280. The summed E-state index contributed by atoms with van der Waals surface area (Å²) in [7, 11) is 0. The highest BCUT2D eigenvalue weighted by Crippen LogP contribution is 2.47. The molecule has 2 N–H and O–H groups in total. The minimum absolute atomic E-state index is 0.0241. The number of hydrogen-bond acceptors (Lipinski definition) is 3. The van der Waals surface area contributed by atoms with Gasteiger partial charge in [0.25, 0.3) is 5.91 Å². The average molecular weight is 568 g/mol. The minimum Gasteiger partial charge on any atom is -0.362 e. The zero-order valence-corrected chi connectivity index (χ0v) is 21.6. The van der Waals surface area contributed by atoms with Crippen molar-refractivity contribution in [1.29, 1.82) is 0 Å². The minimum atomic E-state index is -4.59. The fraction of sp³-hybridized carbons (Fsp3) is 0.308. The van der Waals surface area contributed by atoms with E-state index in [-0.39, 0.29) is 27.5 Å². The van der Waals surface area contributed by atoms with E-state index in [1.54, 1.807) is 6.92 Å². The van der Waals surface area contributed by atoms with Crippen LogP contribution in [0.1, 0.15) is 50.7 Å². The summed E-state index contributed by atoms with van der Waals surface area (Å²) in [6.07, 6.45) is -3.63. The van der Waals surface area contributed by atoms with Crippen LogP contribution in [0.15, 0.2) is 69.5 Å². The number of amides is 1. The molecule has 1 amide bonds. The maximum Gasteiger partial charge on any atom is 0.416 e. The van der Waals surface area contributed by atoms with Crippen molar-refractivity contribution in [2.45, 2.75) is 45.7 Å². The Morgan fingerprint density at radius 1 is 1.14 bits per heavy atom. The molecule has 4 rings (SSSR count). The second-order valence-electron chi connectivity index (χ2n) is 9.63. The molecule has 0 bridgehead atoms. The van der Waals surface area contributed by atoms with Crippen molar-refractivity contribution in [2.24, 2.45) is 5.41 Å². The van der Waals surface area contributed by atoms with Gasteiger partial charge in [-0.25, -0.2) is 0 Å². The monoisotopic (exact) mass is 566 g/mol. The number of nitrogens with one attached hydrogen (secondary N) is 2. The molecule has 1 atom stereocenters. The zero-order chi connectivity index (χ0) is 25.7. The molecule has 2 aliphatic rings. The summed E-state index contributed by atoms with van der Waals surface area (Å²) >= 11 is 9.53. The Labute approximate surface area is 214 Å². The maximum atomic E-state index is 13.6. The Hall–Kier alpha value is -2.58. The van der Waals surface area contributed by atoms with E-state index >= 15 is 0 Å². The lowest BCUT2D eigenvalue weighted by Gasteiger charge is -2.39. The van der Waals surface area contributed by atoms with Gasteiger partial charge < -0.3 is 10.6 Å². The molecule has 1 heterocycles. The van der Waals surface area contributed by atoms with Crippen LogP contribution in [0.5, 0.6) is 0 Å². The first-order chi connectivity index (χ1) is 16.3. The van der Waals surface area contributed by atoms with Crippen molar-refractivity contribution >= 4 is 44.9 Å². The summed E-state index contributed by atoms with van der Waals surface area (Å²) in [5.74, 6) is -1.37. The molecule has 0 aromatic heterocycles. The van der Waals surface area contributed by atoms with E-state index in [4.69, 9.17) is 11.6 Å². The lowest BCUT2D eigenvalue weighted by molar-refractivity contribution is -0.137. The second-order valence-corrected chi connectivity index (χ2v) is 11.0. The van der Waals surface area contributed by atoms with Crippen LogP contribution in [-0.4, -0.2) is 11.7 Å². The van der Waals surface area contributed by atoms with Gasteiger partial charge in [-0.3, -0.25) is 9.59 Å². The zero-order valence-electron chi connectivity index (χ0n) is 19.2. The molecule has 4 nitrogen and oxygen atoms in total.